The lowest BCUT2D eigenvalue weighted by molar-refractivity contribution is 0.107. The quantitative estimate of drug-likeness (QED) is 0.591. The van der Waals surface area contributed by atoms with Gasteiger partial charge in [0.1, 0.15) is 0 Å². The predicted octanol–water partition coefficient (Wildman–Crippen LogP) is 0.785. The lowest BCUT2D eigenvalue weighted by atomic mass is 10.1. The first-order valence-electron chi connectivity index (χ1n) is 3.55. The van der Waals surface area contributed by atoms with Crippen LogP contribution < -0.4 is 11.0 Å². The number of Topliss-reactive ketones (excluding diaryl/α,β-unsaturated/α-hetero) is 1. The summed E-state index contributed by atoms with van der Waals surface area (Å²) in [6, 6.07) is 7.24. The van der Waals surface area contributed by atoms with Crippen LogP contribution in [0.25, 0.3) is 0 Å². The summed E-state index contributed by atoms with van der Waals surface area (Å²) >= 11 is 0. The van der Waals surface area contributed by atoms with Crippen LogP contribution in [0.4, 0.5) is 5.69 Å². The molecule has 0 aromatic heterocycles. The number of hydrazone groups is 1. The number of anilines is 1. The number of benzene rings is 1. The number of hydrogen-bond donors (Lipinski definition) is 2. The first-order valence-corrected chi connectivity index (χ1v) is 3.55. The zero-order valence-electron chi connectivity index (χ0n) is 6.24. The number of ketones is 1. The molecule has 1 aliphatic heterocycles. The lowest BCUT2D eigenvalue weighted by Gasteiger charge is -2.04. The highest BCUT2D eigenvalue weighted by Gasteiger charge is 2.09. The van der Waals surface area contributed by atoms with Gasteiger partial charge in [0.05, 0.1) is 11.9 Å². The number of carbonyl (C=O) groups is 1. The van der Waals surface area contributed by atoms with Gasteiger partial charge in [0.15, 0.2) is 0 Å². The van der Waals surface area contributed by atoms with Crippen molar-refractivity contribution in [1.82, 2.24) is 5.53 Å². The molecule has 0 fully saturated rings. The summed E-state index contributed by atoms with van der Waals surface area (Å²) < 4.78 is 0. The Morgan fingerprint density at radius 2 is 2.08 bits per heavy atom. The fraction of sp³-hybridized carbons (Fsp3) is 0. The molecule has 0 radical (unpaired) electrons. The molecule has 0 amide bonds. The topological polar surface area (TPSA) is 53.5 Å². The van der Waals surface area contributed by atoms with Crippen molar-refractivity contribution in [1.29, 1.82) is 0 Å². The number of carbonyl (C=O) groups excluding carboxylic acids is 1. The minimum atomic E-state index is -0.0944. The Morgan fingerprint density at radius 3 is 3.00 bits per heavy atom. The molecule has 1 aliphatic rings. The second-order valence-corrected chi connectivity index (χ2v) is 2.40. The molecular weight excluding hydrogens is 154 g/mol. The highest BCUT2D eigenvalue weighted by Crippen LogP contribution is 2.14. The average molecular weight is 161 g/mol. The number of rotatable bonds is 0. The largest absolute Gasteiger partial charge is 0.287 e. The van der Waals surface area contributed by atoms with Gasteiger partial charge in [0.25, 0.3) is 0 Å². The fourth-order valence-corrected chi connectivity index (χ4v) is 1.06. The van der Waals surface area contributed by atoms with Gasteiger partial charge in [-0.05, 0) is 12.1 Å². The molecule has 2 N–H and O–H groups in total. The van der Waals surface area contributed by atoms with E-state index in [-0.39, 0.29) is 5.78 Å². The third kappa shape index (κ3) is 1.03. The third-order valence-corrected chi connectivity index (χ3v) is 1.63. The van der Waals surface area contributed by atoms with E-state index in [1.165, 1.54) is 6.21 Å². The number of fused-ring (bicyclic) bond motifs is 1. The van der Waals surface area contributed by atoms with E-state index in [4.69, 9.17) is 0 Å². The van der Waals surface area contributed by atoms with Crippen LogP contribution in [0, 0.1) is 0 Å². The minimum absolute atomic E-state index is 0.0944. The summed E-state index contributed by atoms with van der Waals surface area (Å²) in [5, 5.41) is 3.63. The first-order chi connectivity index (χ1) is 5.88. The van der Waals surface area contributed by atoms with Crippen LogP contribution in [0.5, 0.6) is 0 Å². The summed E-state index contributed by atoms with van der Waals surface area (Å²) in [5.74, 6) is -0.0944. The minimum Gasteiger partial charge on any atom is -0.287 e. The lowest BCUT2D eigenvalue weighted by Crippen LogP contribution is -2.13. The molecule has 0 saturated carbocycles. The van der Waals surface area contributed by atoms with Crippen molar-refractivity contribution >= 4 is 17.7 Å². The SMILES string of the molecule is O=C1C=NNNc2ccccc21. The van der Waals surface area contributed by atoms with Gasteiger partial charge in [-0.2, -0.15) is 5.10 Å². The Bertz CT molecular complexity index is 346. The van der Waals surface area contributed by atoms with Crippen LogP contribution in [0.2, 0.25) is 0 Å². The van der Waals surface area contributed by atoms with Crippen LogP contribution in [0.1, 0.15) is 10.4 Å². The Balaban J connectivity index is 2.53. The van der Waals surface area contributed by atoms with Crippen LogP contribution in [0.3, 0.4) is 0 Å². The zero-order chi connectivity index (χ0) is 8.39. The van der Waals surface area contributed by atoms with Gasteiger partial charge in [-0.15, -0.1) is 0 Å². The second kappa shape index (κ2) is 2.65. The van der Waals surface area contributed by atoms with Gasteiger partial charge in [-0.1, -0.05) is 12.1 Å². The number of nitrogens with zero attached hydrogens (tertiary/aromatic N) is 1. The molecule has 0 aliphatic carbocycles. The van der Waals surface area contributed by atoms with Crippen molar-refractivity contribution in [3.63, 3.8) is 0 Å². The maximum atomic E-state index is 11.3. The van der Waals surface area contributed by atoms with Crippen LogP contribution >= 0.6 is 0 Å². The Kier molecular flexibility index (Phi) is 1.51. The standard InChI is InChI=1S/C8H7N3O/c12-8-5-9-11-10-7-4-2-1-3-6(7)8/h1-5,10-11H. The van der Waals surface area contributed by atoms with Gasteiger partial charge in [0.2, 0.25) is 5.78 Å². The van der Waals surface area contributed by atoms with Crippen molar-refractivity contribution < 1.29 is 4.79 Å². The van der Waals surface area contributed by atoms with Gasteiger partial charge in [-0.25, -0.2) is 5.53 Å². The average Bonchev–Trinajstić information content (AvgIpc) is 2.29. The summed E-state index contributed by atoms with van der Waals surface area (Å²) in [5.41, 5.74) is 6.70. The molecule has 0 unspecified atom stereocenters. The molecule has 4 nitrogen and oxygen atoms in total. The van der Waals surface area contributed by atoms with Crippen molar-refractivity contribution in [2.75, 3.05) is 5.43 Å². The first kappa shape index (κ1) is 6.84. The van der Waals surface area contributed by atoms with Crippen LogP contribution in [-0.2, 0) is 0 Å². The number of hydrogen-bond acceptors (Lipinski definition) is 4. The van der Waals surface area contributed by atoms with Gasteiger partial charge in [0, 0.05) is 5.56 Å². The van der Waals surface area contributed by atoms with Crippen LogP contribution in [-0.4, -0.2) is 12.0 Å². The summed E-state index contributed by atoms with van der Waals surface area (Å²) in [6.07, 6.45) is 1.25. The van der Waals surface area contributed by atoms with E-state index < -0.39 is 0 Å². The molecule has 1 heterocycles. The molecule has 0 saturated heterocycles. The Labute approximate surface area is 69.3 Å². The van der Waals surface area contributed by atoms with E-state index in [1.54, 1.807) is 6.07 Å². The maximum absolute atomic E-state index is 11.3. The molecule has 1 aromatic carbocycles. The summed E-state index contributed by atoms with van der Waals surface area (Å²) in [6.45, 7) is 0. The summed E-state index contributed by atoms with van der Waals surface area (Å²) in [7, 11) is 0. The number of nitrogens with one attached hydrogen (secondary N) is 2. The molecule has 0 bridgehead atoms. The van der Waals surface area contributed by atoms with Crippen molar-refractivity contribution in [2.45, 2.75) is 0 Å². The van der Waals surface area contributed by atoms with Gasteiger partial charge in [-0.3, -0.25) is 10.2 Å². The molecule has 2 rings (SSSR count). The van der Waals surface area contributed by atoms with E-state index in [2.05, 4.69) is 16.1 Å². The van der Waals surface area contributed by atoms with E-state index in [1.807, 2.05) is 18.2 Å². The predicted molar refractivity (Wildman–Crippen MR) is 46.0 cm³/mol. The van der Waals surface area contributed by atoms with E-state index in [0.29, 0.717) is 5.56 Å². The van der Waals surface area contributed by atoms with Crippen molar-refractivity contribution in [3.05, 3.63) is 29.8 Å². The molecular formula is C8H7N3O. The summed E-state index contributed by atoms with van der Waals surface area (Å²) in [4.78, 5) is 11.3. The highest BCUT2D eigenvalue weighted by molar-refractivity contribution is 6.37. The monoisotopic (exact) mass is 161 g/mol. The smallest absolute Gasteiger partial charge is 0.207 e. The van der Waals surface area contributed by atoms with E-state index >= 15 is 0 Å². The Hall–Kier alpha value is -1.84. The molecule has 0 spiro atoms. The van der Waals surface area contributed by atoms with Crippen molar-refractivity contribution in [2.24, 2.45) is 5.10 Å². The van der Waals surface area contributed by atoms with Crippen molar-refractivity contribution in [3.8, 4) is 0 Å². The maximum Gasteiger partial charge on any atom is 0.207 e. The fourth-order valence-electron chi connectivity index (χ4n) is 1.06. The van der Waals surface area contributed by atoms with Gasteiger partial charge >= 0.3 is 0 Å². The molecule has 1 aromatic rings. The Morgan fingerprint density at radius 1 is 1.25 bits per heavy atom. The molecule has 4 heteroatoms. The molecule has 60 valence electrons. The van der Waals surface area contributed by atoms with Crippen LogP contribution in [0.15, 0.2) is 29.4 Å². The number of para-hydroxylation sites is 1. The zero-order valence-corrected chi connectivity index (χ0v) is 6.24. The second-order valence-electron chi connectivity index (χ2n) is 2.40. The van der Waals surface area contributed by atoms with Gasteiger partial charge < -0.3 is 0 Å². The molecule has 12 heavy (non-hydrogen) atoms. The highest BCUT2D eigenvalue weighted by atomic mass is 16.1. The third-order valence-electron chi connectivity index (χ3n) is 1.63. The van der Waals surface area contributed by atoms with E-state index in [0.717, 1.165) is 5.69 Å². The number of hydrazine groups is 1. The normalized spacial score (nSPS) is 14.2. The van der Waals surface area contributed by atoms with E-state index in [9.17, 15) is 4.79 Å². The molecule has 0 atom stereocenters.